The van der Waals surface area contributed by atoms with Crippen LogP contribution in [-0.2, 0) is 12.8 Å². The lowest BCUT2D eigenvalue weighted by molar-refractivity contribution is 0.946. The number of fused-ring (bicyclic) bond motifs is 1. The van der Waals surface area contributed by atoms with E-state index in [0.717, 1.165) is 92.2 Å². The van der Waals surface area contributed by atoms with Gasteiger partial charge in [0, 0.05) is 40.2 Å². The molecule has 3 aromatic heterocycles. The van der Waals surface area contributed by atoms with E-state index in [9.17, 15) is 0 Å². The van der Waals surface area contributed by atoms with Gasteiger partial charge in [-0.15, -0.1) is 0 Å². The van der Waals surface area contributed by atoms with E-state index < -0.39 is 0 Å². The molecular formula is C48H42N6. The molecule has 0 aliphatic heterocycles. The summed E-state index contributed by atoms with van der Waals surface area (Å²) in [4.78, 5) is 16.0. The maximum atomic E-state index is 5.42. The van der Waals surface area contributed by atoms with Crippen molar-refractivity contribution in [3.63, 3.8) is 0 Å². The summed E-state index contributed by atoms with van der Waals surface area (Å²) in [5.41, 5.74) is 12.2. The number of hydrogen-bond acceptors (Lipinski definition) is 3. The van der Waals surface area contributed by atoms with Crippen molar-refractivity contribution in [3.05, 3.63) is 187 Å². The second-order valence-electron chi connectivity index (χ2n) is 13.2. The number of allylic oxidation sites excluding steroid dienone is 4. The summed E-state index contributed by atoms with van der Waals surface area (Å²) in [7, 11) is 0. The molecule has 8 aromatic rings. The molecule has 0 bridgehead atoms. The van der Waals surface area contributed by atoms with Crippen LogP contribution in [0.15, 0.2) is 164 Å². The van der Waals surface area contributed by atoms with Crippen LogP contribution in [-0.4, -0.2) is 28.7 Å². The summed E-state index contributed by atoms with van der Waals surface area (Å²) in [5, 5.41) is 0. The fourth-order valence-electron chi connectivity index (χ4n) is 7.27. The summed E-state index contributed by atoms with van der Waals surface area (Å²) in [6.07, 6.45) is 11.7. The van der Waals surface area contributed by atoms with E-state index in [1.807, 2.05) is 24.3 Å². The minimum Gasteiger partial charge on any atom is -0.296 e. The summed E-state index contributed by atoms with van der Waals surface area (Å²) >= 11 is 0. The van der Waals surface area contributed by atoms with Crippen LogP contribution in [0.3, 0.4) is 0 Å². The summed E-state index contributed by atoms with van der Waals surface area (Å²) < 4.78 is 6.82. The first kappa shape index (κ1) is 34.3. The Morgan fingerprint density at radius 1 is 0.611 bits per heavy atom. The van der Waals surface area contributed by atoms with E-state index in [2.05, 4.69) is 175 Å². The first-order valence-electron chi connectivity index (χ1n) is 18.5. The highest BCUT2D eigenvalue weighted by Crippen LogP contribution is 2.38. The van der Waals surface area contributed by atoms with Gasteiger partial charge >= 0.3 is 0 Å². The maximum Gasteiger partial charge on any atom is 0.145 e. The zero-order valence-electron chi connectivity index (χ0n) is 30.9. The van der Waals surface area contributed by atoms with Crippen molar-refractivity contribution in [2.75, 3.05) is 0 Å². The van der Waals surface area contributed by atoms with Gasteiger partial charge in [0.2, 0.25) is 0 Å². The molecule has 0 aliphatic rings. The first-order chi connectivity index (χ1) is 26.6. The number of nitrogens with zero attached hydrogens (tertiary/aromatic N) is 6. The molecule has 5 aromatic carbocycles. The van der Waals surface area contributed by atoms with Crippen LogP contribution in [0.25, 0.3) is 68.3 Å². The first-order valence-corrected chi connectivity index (χ1v) is 18.5. The van der Waals surface area contributed by atoms with Crippen LogP contribution in [0.4, 0.5) is 0 Å². The minimum absolute atomic E-state index is 0.772. The second kappa shape index (κ2) is 15.1. The number of aromatic nitrogens is 6. The second-order valence-corrected chi connectivity index (χ2v) is 13.2. The summed E-state index contributed by atoms with van der Waals surface area (Å²) in [5.74, 6) is 2.55. The average molecular weight is 703 g/mol. The molecule has 0 atom stereocenters. The lowest BCUT2D eigenvalue weighted by atomic mass is 10.0. The molecule has 0 unspecified atom stereocenters. The molecule has 6 nitrogen and oxygen atoms in total. The highest BCUT2D eigenvalue weighted by atomic mass is 15.1. The molecule has 0 aliphatic carbocycles. The number of para-hydroxylation sites is 5. The fourth-order valence-corrected chi connectivity index (χ4v) is 7.27. The van der Waals surface area contributed by atoms with Crippen LogP contribution in [0.5, 0.6) is 0 Å². The standard InChI is InChI=1S/C48H42N6/c1-5-8-28-43-34(4)49-46(52(43)38-21-13-10-14-22-38)35-31-36(47-50-41(7-3)44(29-9-6-2)53(47)39-23-15-11-16-24-39)33-37(32-35)48-51-42-27-19-20-30-45(42)54(48)40-25-17-12-18-26-40/h5-6,8-28,30-33H,1,7,29H2,2-4H3/b9-6-,28-8-. The smallest absolute Gasteiger partial charge is 0.145 e. The van der Waals surface area contributed by atoms with Crippen LogP contribution >= 0.6 is 0 Å². The van der Waals surface area contributed by atoms with Gasteiger partial charge in [-0.05, 0) is 93.1 Å². The number of benzene rings is 5. The van der Waals surface area contributed by atoms with Crippen molar-refractivity contribution in [3.8, 4) is 51.2 Å². The van der Waals surface area contributed by atoms with E-state index in [1.54, 1.807) is 6.08 Å². The average Bonchev–Trinajstić information content (AvgIpc) is 3.91. The number of aryl methyl sites for hydroxylation is 2. The third-order valence-electron chi connectivity index (χ3n) is 9.74. The van der Waals surface area contributed by atoms with Crippen molar-refractivity contribution in [2.24, 2.45) is 0 Å². The Morgan fingerprint density at radius 3 is 1.70 bits per heavy atom. The third kappa shape index (κ3) is 6.32. The predicted octanol–water partition coefficient (Wildman–Crippen LogP) is 11.6. The van der Waals surface area contributed by atoms with Gasteiger partial charge in [0.25, 0.3) is 0 Å². The Kier molecular flexibility index (Phi) is 9.56. The van der Waals surface area contributed by atoms with Gasteiger partial charge in [-0.2, -0.15) is 0 Å². The summed E-state index contributed by atoms with van der Waals surface area (Å²) in [6.45, 7) is 10.3. The Bertz CT molecular complexity index is 2640. The molecule has 0 N–H and O–H groups in total. The Hall–Kier alpha value is -6.79. The van der Waals surface area contributed by atoms with Gasteiger partial charge in [0.1, 0.15) is 17.5 Å². The monoisotopic (exact) mass is 702 g/mol. The van der Waals surface area contributed by atoms with E-state index in [-0.39, 0.29) is 0 Å². The zero-order chi connectivity index (χ0) is 37.0. The minimum atomic E-state index is 0.772. The maximum absolute atomic E-state index is 5.42. The summed E-state index contributed by atoms with van der Waals surface area (Å²) in [6, 6.07) is 46.5. The fraction of sp³-hybridized carbons (Fsp3) is 0.104. The lowest BCUT2D eigenvalue weighted by Gasteiger charge is -2.16. The molecule has 0 saturated carbocycles. The SMILES string of the molecule is C=C/C=C\c1c(C)nc(-c2cc(-c3nc(CC)c(C/C=C\C)n3-c3ccccc3)cc(-c3nc4ccccc4n3-c3ccccc3)c2)n1-c1ccccc1. The molecule has 8 rings (SSSR count). The van der Waals surface area contributed by atoms with Gasteiger partial charge in [-0.1, -0.05) is 105 Å². The van der Waals surface area contributed by atoms with Gasteiger partial charge in [0.05, 0.1) is 33.8 Å². The molecule has 0 saturated heterocycles. The molecule has 3 heterocycles. The van der Waals surface area contributed by atoms with Gasteiger partial charge in [-0.3, -0.25) is 13.7 Å². The van der Waals surface area contributed by atoms with Crippen LogP contribution in [0.2, 0.25) is 0 Å². The van der Waals surface area contributed by atoms with Crippen molar-refractivity contribution in [1.29, 1.82) is 0 Å². The van der Waals surface area contributed by atoms with Crippen LogP contribution in [0.1, 0.15) is 36.6 Å². The topological polar surface area (TPSA) is 53.5 Å². The molecule has 0 radical (unpaired) electrons. The molecule has 54 heavy (non-hydrogen) atoms. The highest BCUT2D eigenvalue weighted by molar-refractivity contribution is 5.86. The Labute approximate surface area is 316 Å². The molecular weight excluding hydrogens is 661 g/mol. The van der Waals surface area contributed by atoms with E-state index in [1.165, 1.54) is 5.69 Å². The molecule has 0 amide bonds. The van der Waals surface area contributed by atoms with Crippen molar-refractivity contribution < 1.29 is 0 Å². The van der Waals surface area contributed by atoms with Crippen LogP contribution < -0.4 is 0 Å². The predicted molar refractivity (Wildman–Crippen MR) is 223 cm³/mol. The van der Waals surface area contributed by atoms with Crippen molar-refractivity contribution in [2.45, 2.75) is 33.6 Å². The van der Waals surface area contributed by atoms with E-state index in [4.69, 9.17) is 15.0 Å². The molecule has 0 fully saturated rings. The lowest BCUT2D eigenvalue weighted by Crippen LogP contribution is -2.04. The highest BCUT2D eigenvalue weighted by Gasteiger charge is 2.24. The molecule has 264 valence electrons. The largest absolute Gasteiger partial charge is 0.296 e. The molecule has 0 spiro atoms. The van der Waals surface area contributed by atoms with Crippen molar-refractivity contribution >= 4 is 17.1 Å². The van der Waals surface area contributed by atoms with E-state index in [0.29, 0.717) is 0 Å². The van der Waals surface area contributed by atoms with Gasteiger partial charge in [0.15, 0.2) is 0 Å². The number of hydrogen-bond donors (Lipinski definition) is 0. The number of rotatable bonds is 11. The Balaban J connectivity index is 1.48. The molecule has 6 heteroatoms. The zero-order valence-corrected chi connectivity index (χ0v) is 30.9. The third-order valence-corrected chi connectivity index (χ3v) is 9.74. The van der Waals surface area contributed by atoms with E-state index >= 15 is 0 Å². The van der Waals surface area contributed by atoms with Crippen LogP contribution in [0, 0.1) is 6.92 Å². The number of imidazole rings is 3. The van der Waals surface area contributed by atoms with Gasteiger partial charge in [-0.25, -0.2) is 15.0 Å². The normalized spacial score (nSPS) is 11.7. The van der Waals surface area contributed by atoms with Crippen molar-refractivity contribution in [1.82, 2.24) is 28.7 Å². The Morgan fingerprint density at radius 2 is 1.13 bits per heavy atom. The van der Waals surface area contributed by atoms with Gasteiger partial charge < -0.3 is 0 Å². The quantitative estimate of drug-likeness (QED) is 0.0996.